The Kier molecular flexibility index (Phi) is 3.21. The summed E-state index contributed by atoms with van der Waals surface area (Å²) in [5, 5.41) is 11.5. The second-order valence-electron chi connectivity index (χ2n) is 3.41. The average Bonchev–Trinajstić information content (AvgIpc) is 2.56. The number of benzene rings is 1. The van der Waals surface area contributed by atoms with E-state index in [9.17, 15) is 5.11 Å². The molecule has 1 atom stereocenters. The van der Waals surface area contributed by atoms with Crippen LogP contribution >= 0.6 is 34.8 Å². The third kappa shape index (κ3) is 2.49. The van der Waals surface area contributed by atoms with Gasteiger partial charge in [-0.05, 0) is 11.5 Å². The first-order valence-electron chi connectivity index (χ1n) is 4.64. The van der Waals surface area contributed by atoms with Gasteiger partial charge in [-0.25, -0.2) is 4.99 Å². The van der Waals surface area contributed by atoms with Crippen LogP contribution in [0.2, 0.25) is 0 Å². The first kappa shape index (κ1) is 12.5. The van der Waals surface area contributed by atoms with Gasteiger partial charge in [0.2, 0.25) is 3.79 Å². The number of alkyl halides is 3. The Labute approximate surface area is 113 Å². The molecule has 17 heavy (non-hydrogen) atoms. The van der Waals surface area contributed by atoms with E-state index in [2.05, 4.69) is 9.98 Å². The van der Waals surface area contributed by atoms with Crippen molar-refractivity contribution in [2.75, 3.05) is 0 Å². The van der Waals surface area contributed by atoms with Crippen LogP contribution in [0, 0.1) is 0 Å². The maximum absolute atomic E-state index is 11.5. The minimum atomic E-state index is -1.80. The van der Waals surface area contributed by atoms with Crippen molar-refractivity contribution >= 4 is 46.5 Å². The summed E-state index contributed by atoms with van der Waals surface area (Å²) in [7, 11) is 0. The van der Waals surface area contributed by atoms with Crippen molar-refractivity contribution in [1.29, 1.82) is 0 Å². The summed E-state index contributed by atoms with van der Waals surface area (Å²) in [6, 6.07) is 6.93. The predicted molar refractivity (Wildman–Crippen MR) is 67.6 cm³/mol. The van der Waals surface area contributed by atoms with E-state index in [1.165, 1.54) is 0 Å². The predicted octanol–water partition coefficient (Wildman–Crippen LogP) is 1.53. The highest BCUT2D eigenvalue weighted by molar-refractivity contribution is 6.76. The lowest BCUT2D eigenvalue weighted by Crippen LogP contribution is -2.28. The van der Waals surface area contributed by atoms with Crippen molar-refractivity contribution in [1.82, 2.24) is 0 Å². The van der Waals surface area contributed by atoms with Gasteiger partial charge < -0.3 is 10.8 Å². The molecule has 0 bridgehead atoms. The minimum Gasteiger partial charge on any atom is -0.858 e. The highest BCUT2D eigenvalue weighted by atomic mass is 35.6. The Morgan fingerprint density at radius 1 is 1.35 bits per heavy atom. The van der Waals surface area contributed by atoms with Crippen LogP contribution in [0.5, 0.6) is 0 Å². The van der Waals surface area contributed by atoms with E-state index in [-0.39, 0.29) is 11.7 Å². The zero-order valence-electron chi connectivity index (χ0n) is 8.40. The van der Waals surface area contributed by atoms with Gasteiger partial charge in [-0.3, -0.25) is 4.99 Å². The fraction of sp³-hybridized carbons (Fsp3) is 0.200. The lowest BCUT2D eigenvalue weighted by Gasteiger charge is -2.12. The zero-order chi connectivity index (χ0) is 12.6. The van der Waals surface area contributed by atoms with E-state index < -0.39 is 9.96 Å². The normalized spacial score (nSPS) is 20.1. The highest BCUT2D eigenvalue weighted by Gasteiger charge is 2.28. The van der Waals surface area contributed by atoms with E-state index in [0.717, 1.165) is 0 Å². The molecule has 0 fully saturated rings. The molecule has 0 radical (unpaired) electrons. The van der Waals surface area contributed by atoms with Crippen LogP contribution in [-0.4, -0.2) is 15.5 Å². The smallest absolute Gasteiger partial charge is 0.247 e. The SMILES string of the molecule is NC(=NC1N=C([O-])c2ccccc21)C(Cl)(Cl)Cl. The summed E-state index contributed by atoms with van der Waals surface area (Å²) in [5.41, 5.74) is 6.68. The summed E-state index contributed by atoms with van der Waals surface area (Å²) in [6.45, 7) is 0. The van der Waals surface area contributed by atoms with E-state index in [0.29, 0.717) is 11.1 Å². The Morgan fingerprint density at radius 2 is 2.00 bits per heavy atom. The van der Waals surface area contributed by atoms with E-state index in [4.69, 9.17) is 40.5 Å². The molecule has 90 valence electrons. The standard InChI is InChI=1S/C10H8Cl3N3O/c11-10(12,13)9(14)16-7-5-3-1-2-4-6(5)8(17)15-7/h1-4,7H,(H2,14,16)(H,15,17)/p-1. The number of amidine groups is 1. The lowest BCUT2D eigenvalue weighted by molar-refractivity contribution is -0.212. The van der Waals surface area contributed by atoms with Crippen molar-refractivity contribution in [3.63, 3.8) is 0 Å². The highest BCUT2D eigenvalue weighted by Crippen LogP contribution is 2.32. The van der Waals surface area contributed by atoms with Crippen molar-refractivity contribution in [3.8, 4) is 0 Å². The van der Waals surface area contributed by atoms with Crippen LogP contribution in [0.3, 0.4) is 0 Å². The second-order valence-corrected chi connectivity index (χ2v) is 5.69. The molecule has 7 heteroatoms. The van der Waals surface area contributed by atoms with Crippen LogP contribution in [0.4, 0.5) is 0 Å². The average molecular weight is 292 g/mol. The molecular weight excluding hydrogens is 284 g/mol. The van der Waals surface area contributed by atoms with Crippen LogP contribution < -0.4 is 10.8 Å². The van der Waals surface area contributed by atoms with Gasteiger partial charge in [-0.2, -0.15) is 0 Å². The molecule has 1 aromatic carbocycles. The number of nitrogens with two attached hydrogens (primary N) is 1. The molecule has 4 nitrogen and oxygen atoms in total. The largest absolute Gasteiger partial charge is 0.858 e. The van der Waals surface area contributed by atoms with E-state index in [1.54, 1.807) is 24.3 Å². The maximum atomic E-state index is 11.5. The molecule has 0 aliphatic carbocycles. The summed E-state index contributed by atoms with van der Waals surface area (Å²) >= 11 is 16.7. The molecular formula is C10H7Cl3N3O-. The third-order valence-corrected chi connectivity index (χ3v) is 2.84. The molecule has 1 unspecified atom stereocenters. The maximum Gasteiger partial charge on any atom is 0.247 e. The summed E-state index contributed by atoms with van der Waals surface area (Å²) in [4.78, 5) is 7.78. The van der Waals surface area contributed by atoms with Gasteiger partial charge in [-0.15, -0.1) is 0 Å². The molecule has 1 aromatic rings. The minimum absolute atomic E-state index is 0.194. The second kappa shape index (κ2) is 4.37. The summed E-state index contributed by atoms with van der Waals surface area (Å²) < 4.78 is -1.80. The first-order valence-corrected chi connectivity index (χ1v) is 5.77. The molecule has 2 rings (SSSR count). The lowest BCUT2D eigenvalue weighted by atomic mass is 10.1. The summed E-state index contributed by atoms with van der Waals surface area (Å²) in [6.07, 6.45) is -0.727. The fourth-order valence-corrected chi connectivity index (χ4v) is 1.62. The summed E-state index contributed by atoms with van der Waals surface area (Å²) in [5.74, 6) is -0.535. The van der Waals surface area contributed by atoms with Gasteiger partial charge in [0, 0.05) is 5.56 Å². The van der Waals surface area contributed by atoms with Crippen molar-refractivity contribution < 1.29 is 5.11 Å². The molecule has 0 saturated heterocycles. The molecule has 1 aliphatic rings. The molecule has 0 saturated carbocycles. The molecule has 2 N–H and O–H groups in total. The molecule has 0 aromatic heterocycles. The Bertz CT molecular complexity index is 508. The van der Waals surface area contributed by atoms with Crippen molar-refractivity contribution in [2.45, 2.75) is 9.96 Å². The van der Waals surface area contributed by atoms with Crippen molar-refractivity contribution in [3.05, 3.63) is 35.4 Å². The Balaban J connectivity index is 2.39. The number of aliphatic imine (C=N–C) groups is 2. The van der Waals surface area contributed by atoms with Crippen molar-refractivity contribution in [2.24, 2.45) is 15.7 Å². The van der Waals surface area contributed by atoms with Gasteiger partial charge >= 0.3 is 0 Å². The van der Waals surface area contributed by atoms with E-state index >= 15 is 0 Å². The van der Waals surface area contributed by atoms with Gasteiger partial charge in [-0.1, -0.05) is 59.1 Å². The van der Waals surface area contributed by atoms with Crippen LogP contribution in [-0.2, 0) is 0 Å². The quantitative estimate of drug-likeness (QED) is 0.484. The number of rotatable bonds is 1. The molecule has 1 aliphatic heterocycles. The topological polar surface area (TPSA) is 73.8 Å². The molecule has 0 spiro atoms. The Morgan fingerprint density at radius 3 is 2.65 bits per heavy atom. The van der Waals surface area contributed by atoms with Crippen LogP contribution in [0.25, 0.3) is 0 Å². The number of hydrogen-bond donors (Lipinski definition) is 1. The molecule has 1 heterocycles. The monoisotopic (exact) mass is 290 g/mol. The fourth-order valence-electron chi connectivity index (χ4n) is 1.47. The van der Waals surface area contributed by atoms with Gasteiger partial charge in [0.25, 0.3) is 0 Å². The Hall–Kier alpha value is -0.970. The van der Waals surface area contributed by atoms with E-state index in [1.807, 2.05) is 0 Å². The number of fused-ring (bicyclic) bond motifs is 1. The molecule has 0 amide bonds. The van der Waals surface area contributed by atoms with Gasteiger partial charge in [0.05, 0.1) is 0 Å². The van der Waals surface area contributed by atoms with Gasteiger partial charge in [0.1, 0.15) is 5.84 Å². The third-order valence-electron chi connectivity index (χ3n) is 2.26. The number of halogens is 3. The van der Waals surface area contributed by atoms with Gasteiger partial charge in [0.15, 0.2) is 6.17 Å². The first-order chi connectivity index (χ1) is 7.89. The number of nitrogens with zero attached hydrogens (tertiary/aromatic N) is 2. The number of hydrogen-bond acceptors (Lipinski definition) is 3. The zero-order valence-corrected chi connectivity index (χ0v) is 10.7. The van der Waals surface area contributed by atoms with Crippen LogP contribution in [0.15, 0.2) is 34.3 Å². The van der Waals surface area contributed by atoms with Crippen LogP contribution in [0.1, 0.15) is 17.3 Å².